The zero-order chi connectivity index (χ0) is 15.6. The Morgan fingerprint density at radius 2 is 1.90 bits per heavy atom. The summed E-state index contributed by atoms with van der Waals surface area (Å²) in [6.07, 6.45) is 2.23. The average molecular weight is 293 g/mol. The minimum absolute atomic E-state index is 0.334. The van der Waals surface area contributed by atoms with Crippen LogP contribution < -0.4 is 10.1 Å². The van der Waals surface area contributed by atoms with Crippen LogP contribution in [0.4, 0.5) is 0 Å². The van der Waals surface area contributed by atoms with E-state index in [4.69, 9.17) is 9.47 Å². The summed E-state index contributed by atoms with van der Waals surface area (Å²) < 4.78 is 11.3. The fourth-order valence-electron chi connectivity index (χ4n) is 1.85. The van der Waals surface area contributed by atoms with Crippen molar-refractivity contribution in [1.82, 2.24) is 5.32 Å². The highest BCUT2D eigenvalue weighted by molar-refractivity contribution is 5.28. The molecule has 0 amide bonds. The lowest BCUT2D eigenvalue weighted by Crippen LogP contribution is -2.14. The molecule has 0 atom stereocenters. The number of ether oxygens (including phenoxy) is 2. The summed E-state index contributed by atoms with van der Waals surface area (Å²) >= 11 is 0. The largest absolute Gasteiger partial charge is 0.491 e. The third-order valence-corrected chi connectivity index (χ3v) is 3.15. The average Bonchev–Trinajstić information content (AvgIpc) is 2.42. The lowest BCUT2D eigenvalue weighted by molar-refractivity contribution is 0.0818. The van der Waals surface area contributed by atoms with Crippen molar-refractivity contribution in [1.29, 1.82) is 0 Å². The van der Waals surface area contributed by atoms with Gasteiger partial charge in [-0.15, -0.1) is 0 Å². The Balaban J connectivity index is 2.18. The Bertz CT molecular complexity index is 385. The number of nitrogens with one attached hydrogen (secondary N) is 1. The minimum atomic E-state index is 0.334. The Labute approximate surface area is 130 Å². The SMILES string of the molecule is CCCNCc1cccc(OCCOCCC(C)(C)C)c1. The monoisotopic (exact) mass is 293 g/mol. The van der Waals surface area contributed by atoms with Gasteiger partial charge in [0.2, 0.25) is 0 Å². The third-order valence-electron chi connectivity index (χ3n) is 3.15. The molecule has 120 valence electrons. The molecule has 3 heteroatoms. The van der Waals surface area contributed by atoms with Crippen molar-refractivity contribution >= 4 is 0 Å². The molecule has 0 saturated carbocycles. The molecule has 0 unspecified atom stereocenters. The Kier molecular flexibility index (Phi) is 8.40. The number of hydrogen-bond donors (Lipinski definition) is 1. The van der Waals surface area contributed by atoms with Crippen molar-refractivity contribution < 1.29 is 9.47 Å². The maximum Gasteiger partial charge on any atom is 0.119 e. The molecule has 0 heterocycles. The quantitative estimate of drug-likeness (QED) is 0.661. The summed E-state index contributed by atoms with van der Waals surface area (Å²) in [5.74, 6) is 0.921. The van der Waals surface area contributed by atoms with Gasteiger partial charge in [-0.2, -0.15) is 0 Å². The molecule has 0 fully saturated rings. The van der Waals surface area contributed by atoms with Crippen LogP contribution in [0.5, 0.6) is 5.75 Å². The standard InChI is InChI=1S/C18H31NO2/c1-5-10-19-15-16-7-6-8-17(14-16)21-13-12-20-11-9-18(2,3)4/h6-8,14,19H,5,9-13,15H2,1-4H3. The van der Waals surface area contributed by atoms with E-state index in [0.29, 0.717) is 18.6 Å². The molecule has 0 spiro atoms. The first-order valence-electron chi connectivity index (χ1n) is 8.01. The Morgan fingerprint density at radius 1 is 1.10 bits per heavy atom. The summed E-state index contributed by atoms with van der Waals surface area (Å²) in [4.78, 5) is 0. The van der Waals surface area contributed by atoms with E-state index in [0.717, 1.165) is 38.3 Å². The summed E-state index contributed by atoms with van der Waals surface area (Å²) in [6, 6.07) is 8.25. The van der Waals surface area contributed by atoms with E-state index in [2.05, 4.69) is 45.1 Å². The van der Waals surface area contributed by atoms with Gasteiger partial charge in [-0.3, -0.25) is 0 Å². The fraction of sp³-hybridized carbons (Fsp3) is 0.667. The van der Waals surface area contributed by atoms with Crippen LogP contribution in [0.1, 0.15) is 46.1 Å². The van der Waals surface area contributed by atoms with Gasteiger partial charge in [0, 0.05) is 13.2 Å². The van der Waals surface area contributed by atoms with E-state index in [9.17, 15) is 0 Å². The molecule has 0 aromatic heterocycles. The molecule has 0 aliphatic heterocycles. The predicted octanol–water partition coefficient (Wildman–Crippen LogP) is 4.02. The molecule has 0 bridgehead atoms. The molecule has 3 nitrogen and oxygen atoms in total. The van der Waals surface area contributed by atoms with Gasteiger partial charge in [-0.1, -0.05) is 39.8 Å². The smallest absolute Gasteiger partial charge is 0.119 e. The van der Waals surface area contributed by atoms with E-state index >= 15 is 0 Å². The number of hydrogen-bond acceptors (Lipinski definition) is 3. The lowest BCUT2D eigenvalue weighted by Gasteiger charge is -2.17. The fourth-order valence-corrected chi connectivity index (χ4v) is 1.85. The second kappa shape index (κ2) is 9.80. The van der Waals surface area contributed by atoms with Crippen LogP contribution in [0.3, 0.4) is 0 Å². The third kappa shape index (κ3) is 9.48. The maximum atomic E-state index is 5.73. The van der Waals surface area contributed by atoms with Crippen molar-refractivity contribution in [3.05, 3.63) is 29.8 Å². The second-order valence-corrected chi connectivity index (χ2v) is 6.60. The van der Waals surface area contributed by atoms with Gasteiger partial charge in [-0.25, -0.2) is 0 Å². The van der Waals surface area contributed by atoms with Crippen molar-refractivity contribution in [2.75, 3.05) is 26.4 Å². The molecule has 1 aromatic rings. The number of benzene rings is 1. The van der Waals surface area contributed by atoms with Crippen molar-refractivity contribution in [3.8, 4) is 5.75 Å². The summed E-state index contributed by atoms with van der Waals surface area (Å²) in [5, 5.41) is 3.40. The highest BCUT2D eigenvalue weighted by Crippen LogP contribution is 2.18. The molecule has 0 aliphatic rings. The first kappa shape index (κ1) is 18.0. The number of rotatable bonds is 10. The van der Waals surface area contributed by atoms with Gasteiger partial charge < -0.3 is 14.8 Å². The summed E-state index contributed by atoms with van der Waals surface area (Å²) in [6.45, 7) is 12.9. The molecule has 0 saturated heterocycles. The highest BCUT2D eigenvalue weighted by Gasteiger charge is 2.09. The van der Waals surface area contributed by atoms with Crippen LogP contribution in [-0.4, -0.2) is 26.4 Å². The van der Waals surface area contributed by atoms with Gasteiger partial charge in [0.05, 0.1) is 6.61 Å². The molecule has 1 N–H and O–H groups in total. The van der Waals surface area contributed by atoms with Crippen molar-refractivity contribution in [3.63, 3.8) is 0 Å². The van der Waals surface area contributed by atoms with Gasteiger partial charge in [0.1, 0.15) is 12.4 Å². The van der Waals surface area contributed by atoms with Crippen LogP contribution in [-0.2, 0) is 11.3 Å². The van der Waals surface area contributed by atoms with Gasteiger partial charge in [0.25, 0.3) is 0 Å². The first-order valence-corrected chi connectivity index (χ1v) is 8.01. The van der Waals surface area contributed by atoms with Crippen molar-refractivity contribution in [2.24, 2.45) is 5.41 Å². The summed E-state index contributed by atoms with van der Waals surface area (Å²) in [7, 11) is 0. The van der Waals surface area contributed by atoms with Crippen LogP contribution >= 0.6 is 0 Å². The molecule has 21 heavy (non-hydrogen) atoms. The molecule has 1 aromatic carbocycles. The molecule has 0 aliphatic carbocycles. The zero-order valence-electron chi connectivity index (χ0n) is 14.1. The van der Waals surface area contributed by atoms with Gasteiger partial charge in [0.15, 0.2) is 0 Å². The lowest BCUT2D eigenvalue weighted by atomic mass is 9.93. The molecular weight excluding hydrogens is 262 g/mol. The zero-order valence-corrected chi connectivity index (χ0v) is 14.1. The first-order chi connectivity index (χ1) is 10.0. The topological polar surface area (TPSA) is 30.5 Å². The van der Waals surface area contributed by atoms with E-state index in [-0.39, 0.29) is 0 Å². The molecule has 0 radical (unpaired) electrons. The van der Waals surface area contributed by atoms with E-state index < -0.39 is 0 Å². The summed E-state index contributed by atoms with van der Waals surface area (Å²) in [5.41, 5.74) is 1.59. The van der Waals surface area contributed by atoms with Gasteiger partial charge in [-0.05, 0) is 42.5 Å². The van der Waals surface area contributed by atoms with Gasteiger partial charge >= 0.3 is 0 Å². The maximum absolute atomic E-state index is 5.73. The predicted molar refractivity (Wildman–Crippen MR) is 88.8 cm³/mol. The minimum Gasteiger partial charge on any atom is -0.491 e. The highest BCUT2D eigenvalue weighted by atomic mass is 16.5. The normalized spacial score (nSPS) is 11.6. The van der Waals surface area contributed by atoms with Crippen LogP contribution in [0.2, 0.25) is 0 Å². The van der Waals surface area contributed by atoms with Crippen LogP contribution in [0.25, 0.3) is 0 Å². The van der Waals surface area contributed by atoms with E-state index in [1.165, 1.54) is 5.56 Å². The Hall–Kier alpha value is -1.06. The Morgan fingerprint density at radius 3 is 2.62 bits per heavy atom. The molecular formula is C18H31NO2. The van der Waals surface area contributed by atoms with E-state index in [1.54, 1.807) is 0 Å². The van der Waals surface area contributed by atoms with Crippen molar-refractivity contribution in [2.45, 2.75) is 47.1 Å². The van der Waals surface area contributed by atoms with Crippen LogP contribution in [0, 0.1) is 5.41 Å². The van der Waals surface area contributed by atoms with E-state index in [1.807, 2.05) is 12.1 Å². The van der Waals surface area contributed by atoms with Crippen LogP contribution in [0.15, 0.2) is 24.3 Å². The molecule has 1 rings (SSSR count). The second-order valence-electron chi connectivity index (χ2n) is 6.60.